The summed E-state index contributed by atoms with van der Waals surface area (Å²) in [6, 6.07) is 8.16. The topological polar surface area (TPSA) is 38.0 Å². The number of benzene rings is 1. The van der Waals surface area contributed by atoms with Crippen LogP contribution in [-0.4, -0.2) is 0 Å². The van der Waals surface area contributed by atoms with Crippen LogP contribution in [0.2, 0.25) is 0 Å². The van der Waals surface area contributed by atoms with Crippen molar-refractivity contribution in [3.05, 3.63) is 46.4 Å². The third-order valence-electron chi connectivity index (χ3n) is 2.08. The lowest BCUT2D eigenvalue weighted by Crippen LogP contribution is -1.99. The average molecular weight is 222 g/mol. The molecule has 0 radical (unpaired) electrons. The summed E-state index contributed by atoms with van der Waals surface area (Å²) in [6.45, 7) is 0.676. The van der Waals surface area contributed by atoms with Gasteiger partial charge in [0.1, 0.15) is 5.82 Å². The normalized spacial score (nSPS) is 10.2. The van der Waals surface area contributed by atoms with Crippen LogP contribution in [0.4, 0.5) is 15.8 Å². The molecule has 0 amide bonds. The summed E-state index contributed by atoms with van der Waals surface area (Å²) in [5.41, 5.74) is 7.43. The fourth-order valence-electron chi connectivity index (χ4n) is 1.24. The number of hydrogen-bond donors (Lipinski definition) is 2. The third kappa shape index (κ3) is 2.47. The van der Waals surface area contributed by atoms with Crippen molar-refractivity contribution in [2.24, 2.45) is 0 Å². The molecule has 15 heavy (non-hydrogen) atoms. The molecule has 0 unspecified atom stereocenters. The van der Waals surface area contributed by atoms with Crippen molar-refractivity contribution in [1.29, 1.82) is 0 Å². The van der Waals surface area contributed by atoms with Gasteiger partial charge in [-0.3, -0.25) is 0 Å². The number of nitrogen functional groups attached to an aromatic ring is 1. The fraction of sp³-hybridized carbons (Fsp3) is 0.0909. The van der Waals surface area contributed by atoms with E-state index in [-0.39, 0.29) is 5.82 Å². The Labute approximate surface area is 91.5 Å². The molecule has 78 valence electrons. The van der Waals surface area contributed by atoms with Crippen LogP contribution in [0.1, 0.15) is 4.88 Å². The minimum absolute atomic E-state index is 0.226. The maximum Gasteiger partial charge on any atom is 0.123 e. The van der Waals surface area contributed by atoms with Crippen LogP contribution >= 0.6 is 11.3 Å². The first-order valence-electron chi connectivity index (χ1n) is 4.57. The summed E-state index contributed by atoms with van der Waals surface area (Å²) in [4.78, 5) is 1.10. The van der Waals surface area contributed by atoms with Crippen LogP contribution in [-0.2, 0) is 6.54 Å². The van der Waals surface area contributed by atoms with Gasteiger partial charge in [-0.05, 0) is 35.7 Å². The molecule has 2 aromatic rings. The number of nitrogens with one attached hydrogen (secondary N) is 1. The Morgan fingerprint density at radius 1 is 1.20 bits per heavy atom. The molecule has 0 saturated carbocycles. The van der Waals surface area contributed by atoms with Crippen LogP contribution in [0.5, 0.6) is 0 Å². The first-order chi connectivity index (χ1) is 7.25. The second kappa shape index (κ2) is 4.31. The highest BCUT2D eigenvalue weighted by Gasteiger charge is 2.00. The molecular weight excluding hydrogens is 211 g/mol. The third-order valence-corrected chi connectivity index (χ3v) is 3.01. The van der Waals surface area contributed by atoms with E-state index in [9.17, 15) is 4.39 Å². The molecule has 4 heteroatoms. The van der Waals surface area contributed by atoms with Gasteiger partial charge < -0.3 is 11.1 Å². The van der Waals surface area contributed by atoms with Gasteiger partial charge in [-0.15, -0.1) is 11.3 Å². The zero-order valence-electron chi connectivity index (χ0n) is 8.03. The molecule has 3 N–H and O–H groups in total. The summed E-state index contributed by atoms with van der Waals surface area (Å²) in [5.74, 6) is -0.226. The SMILES string of the molecule is Nc1ccsc1CNc1ccc(F)cc1. The number of anilines is 2. The molecule has 0 aliphatic rings. The molecule has 0 atom stereocenters. The van der Waals surface area contributed by atoms with Crippen molar-refractivity contribution >= 4 is 22.7 Å². The Bertz CT molecular complexity index is 436. The van der Waals surface area contributed by atoms with Crippen molar-refractivity contribution in [2.75, 3.05) is 11.1 Å². The minimum Gasteiger partial charge on any atom is -0.398 e. The van der Waals surface area contributed by atoms with Gasteiger partial charge in [0.25, 0.3) is 0 Å². The van der Waals surface area contributed by atoms with Crippen LogP contribution < -0.4 is 11.1 Å². The van der Waals surface area contributed by atoms with Crippen LogP contribution in [0, 0.1) is 5.82 Å². The van der Waals surface area contributed by atoms with Gasteiger partial charge >= 0.3 is 0 Å². The lowest BCUT2D eigenvalue weighted by atomic mass is 10.3. The molecule has 1 aromatic carbocycles. The van der Waals surface area contributed by atoms with Crippen molar-refractivity contribution in [1.82, 2.24) is 0 Å². The molecule has 0 aliphatic carbocycles. The second-order valence-corrected chi connectivity index (χ2v) is 4.16. The van der Waals surface area contributed by atoms with E-state index >= 15 is 0 Å². The smallest absolute Gasteiger partial charge is 0.123 e. The molecule has 0 bridgehead atoms. The molecular formula is C11H11FN2S. The zero-order valence-corrected chi connectivity index (χ0v) is 8.85. The molecule has 0 aliphatic heterocycles. The van der Waals surface area contributed by atoms with E-state index in [0.717, 1.165) is 16.3 Å². The Kier molecular flexibility index (Phi) is 2.87. The quantitative estimate of drug-likeness (QED) is 0.837. The van der Waals surface area contributed by atoms with E-state index in [2.05, 4.69) is 5.32 Å². The Balaban J connectivity index is 1.99. The van der Waals surface area contributed by atoms with Crippen LogP contribution in [0.3, 0.4) is 0 Å². The largest absolute Gasteiger partial charge is 0.398 e. The van der Waals surface area contributed by atoms with Crippen molar-refractivity contribution in [3.8, 4) is 0 Å². The molecule has 0 fully saturated rings. The van der Waals surface area contributed by atoms with Crippen molar-refractivity contribution in [2.45, 2.75) is 6.54 Å². The molecule has 0 spiro atoms. The number of nitrogens with two attached hydrogens (primary N) is 1. The Hall–Kier alpha value is -1.55. The monoisotopic (exact) mass is 222 g/mol. The van der Waals surface area contributed by atoms with Crippen molar-refractivity contribution in [3.63, 3.8) is 0 Å². The Morgan fingerprint density at radius 2 is 1.93 bits per heavy atom. The highest BCUT2D eigenvalue weighted by Crippen LogP contribution is 2.20. The number of thiophene rings is 1. The minimum atomic E-state index is -0.226. The van der Waals surface area contributed by atoms with E-state index in [0.29, 0.717) is 6.54 Å². The van der Waals surface area contributed by atoms with Gasteiger partial charge in [-0.2, -0.15) is 0 Å². The number of rotatable bonds is 3. The summed E-state index contributed by atoms with van der Waals surface area (Å²) < 4.78 is 12.6. The van der Waals surface area contributed by atoms with Gasteiger partial charge in [0.05, 0.1) is 6.54 Å². The average Bonchev–Trinajstić information content (AvgIpc) is 2.63. The highest BCUT2D eigenvalue weighted by molar-refractivity contribution is 7.10. The molecule has 1 heterocycles. The number of halogens is 1. The van der Waals surface area contributed by atoms with Gasteiger partial charge in [-0.1, -0.05) is 0 Å². The van der Waals surface area contributed by atoms with E-state index in [4.69, 9.17) is 5.73 Å². The molecule has 1 aromatic heterocycles. The van der Waals surface area contributed by atoms with Gasteiger partial charge in [0, 0.05) is 16.3 Å². The lowest BCUT2D eigenvalue weighted by Gasteiger charge is -2.05. The highest BCUT2D eigenvalue weighted by atomic mass is 32.1. The lowest BCUT2D eigenvalue weighted by molar-refractivity contribution is 0.628. The van der Waals surface area contributed by atoms with E-state index in [1.807, 2.05) is 11.4 Å². The molecule has 2 rings (SSSR count). The van der Waals surface area contributed by atoms with E-state index < -0.39 is 0 Å². The first-order valence-corrected chi connectivity index (χ1v) is 5.45. The van der Waals surface area contributed by atoms with Crippen LogP contribution in [0.15, 0.2) is 35.7 Å². The maximum atomic E-state index is 12.6. The molecule has 2 nitrogen and oxygen atoms in total. The fourth-order valence-corrected chi connectivity index (χ4v) is 1.98. The maximum absolute atomic E-state index is 12.6. The second-order valence-electron chi connectivity index (χ2n) is 3.16. The number of hydrogen-bond acceptors (Lipinski definition) is 3. The van der Waals surface area contributed by atoms with Crippen LogP contribution in [0.25, 0.3) is 0 Å². The standard InChI is InChI=1S/C11H11FN2S/c12-8-1-3-9(4-2-8)14-7-11-10(13)5-6-15-11/h1-6,14H,7,13H2. The molecule has 0 saturated heterocycles. The summed E-state index contributed by atoms with van der Waals surface area (Å²) in [6.07, 6.45) is 0. The first kappa shape index (κ1) is 9.98. The van der Waals surface area contributed by atoms with Gasteiger partial charge in [0.2, 0.25) is 0 Å². The summed E-state index contributed by atoms with van der Waals surface area (Å²) in [5, 5.41) is 5.13. The zero-order chi connectivity index (χ0) is 10.7. The predicted octanol–water partition coefficient (Wildman–Crippen LogP) is 3.08. The van der Waals surface area contributed by atoms with E-state index in [1.54, 1.807) is 23.5 Å². The Morgan fingerprint density at radius 3 is 2.53 bits per heavy atom. The van der Waals surface area contributed by atoms with Gasteiger partial charge in [0.15, 0.2) is 0 Å². The van der Waals surface area contributed by atoms with E-state index in [1.165, 1.54) is 12.1 Å². The summed E-state index contributed by atoms with van der Waals surface area (Å²) in [7, 11) is 0. The summed E-state index contributed by atoms with van der Waals surface area (Å²) >= 11 is 1.61. The van der Waals surface area contributed by atoms with Crippen molar-refractivity contribution < 1.29 is 4.39 Å². The predicted molar refractivity (Wildman–Crippen MR) is 62.5 cm³/mol. The van der Waals surface area contributed by atoms with Gasteiger partial charge in [-0.25, -0.2) is 4.39 Å².